The summed E-state index contributed by atoms with van der Waals surface area (Å²) in [7, 11) is 1.59. The summed E-state index contributed by atoms with van der Waals surface area (Å²) in [6, 6.07) is 2.92. The average molecular weight is 264 g/mol. The van der Waals surface area contributed by atoms with Gasteiger partial charge in [0.15, 0.2) is 0 Å². The van der Waals surface area contributed by atoms with Gasteiger partial charge in [-0.2, -0.15) is 5.26 Å². The Morgan fingerprint density at radius 1 is 1.68 bits per heavy atom. The number of pyridine rings is 1. The van der Waals surface area contributed by atoms with Crippen LogP contribution >= 0.6 is 0 Å². The van der Waals surface area contributed by atoms with E-state index in [-0.39, 0.29) is 23.9 Å². The van der Waals surface area contributed by atoms with Crippen LogP contribution in [-0.2, 0) is 0 Å². The van der Waals surface area contributed by atoms with Gasteiger partial charge in [0.25, 0.3) is 5.91 Å². The van der Waals surface area contributed by atoms with Crippen molar-refractivity contribution in [2.75, 3.05) is 18.9 Å². The Morgan fingerprint density at radius 2 is 2.37 bits per heavy atom. The molecule has 0 aromatic carbocycles. The molecular weight excluding hydrogens is 247 g/mol. The zero-order chi connectivity index (χ0) is 14.4. The molecule has 1 N–H and O–H groups in total. The topological polar surface area (TPSA) is 69.0 Å². The Balaban J connectivity index is 3.04. The predicted molar refractivity (Wildman–Crippen MR) is 70.1 cm³/mol. The van der Waals surface area contributed by atoms with Crippen molar-refractivity contribution in [3.63, 3.8) is 0 Å². The third kappa shape index (κ3) is 3.65. The second-order valence-electron chi connectivity index (χ2n) is 4.21. The molecule has 0 radical (unpaired) electrons. The molecule has 19 heavy (non-hydrogen) atoms. The van der Waals surface area contributed by atoms with Crippen molar-refractivity contribution in [1.29, 1.82) is 5.26 Å². The van der Waals surface area contributed by atoms with Gasteiger partial charge in [-0.3, -0.25) is 4.79 Å². The highest BCUT2D eigenvalue weighted by atomic mass is 19.1. The van der Waals surface area contributed by atoms with E-state index < -0.39 is 5.82 Å². The summed E-state index contributed by atoms with van der Waals surface area (Å²) in [5.41, 5.74) is 0.175. The first-order chi connectivity index (χ1) is 9.01. The SMILES string of the molecule is CCNc1ncc(F)cc1C(=O)N(C)C(C)CC#N. The maximum Gasteiger partial charge on any atom is 0.257 e. The fraction of sp³-hybridized carbons (Fsp3) is 0.462. The maximum atomic E-state index is 13.2. The van der Waals surface area contributed by atoms with E-state index in [1.807, 2.05) is 13.0 Å². The highest BCUT2D eigenvalue weighted by Crippen LogP contribution is 2.17. The molecular formula is C13H17FN4O. The minimum atomic E-state index is -0.564. The number of nitrogens with zero attached hydrogens (tertiary/aromatic N) is 3. The molecule has 0 aliphatic carbocycles. The van der Waals surface area contributed by atoms with Gasteiger partial charge < -0.3 is 10.2 Å². The van der Waals surface area contributed by atoms with Gasteiger partial charge >= 0.3 is 0 Å². The van der Waals surface area contributed by atoms with Crippen LogP contribution < -0.4 is 5.32 Å². The van der Waals surface area contributed by atoms with Gasteiger partial charge in [0.05, 0.1) is 24.3 Å². The van der Waals surface area contributed by atoms with Crippen molar-refractivity contribution < 1.29 is 9.18 Å². The molecule has 1 rings (SSSR count). The second-order valence-corrected chi connectivity index (χ2v) is 4.21. The van der Waals surface area contributed by atoms with E-state index in [4.69, 9.17) is 5.26 Å². The standard InChI is InChI=1S/C13H17FN4O/c1-4-16-12-11(7-10(14)8-17-12)13(19)18(3)9(2)5-6-15/h7-9H,4-5H2,1-3H3,(H,16,17). The monoisotopic (exact) mass is 264 g/mol. The molecule has 1 heterocycles. The molecule has 0 aliphatic heterocycles. The summed E-state index contributed by atoms with van der Waals surface area (Å²) >= 11 is 0. The lowest BCUT2D eigenvalue weighted by atomic mass is 10.1. The minimum absolute atomic E-state index is 0.175. The van der Waals surface area contributed by atoms with Crippen molar-refractivity contribution in [2.45, 2.75) is 26.3 Å². The largest absolute Gasteiger partial charge is 0.370 e. The number of nitrogens with one attached hydrogen (secondary N) is 1. The molecule has 102 valence electrons. The zero-order valence-corrected chi connectivity index (χ0v) is 11.3. The lowest BCUT2D eigenvalue weighted by Crippen LogP contribution is -2.35. The Kier molecular flexibility index (Phi) is 5.24. The van der Waals surface area contributed by atoms with E-state index in [2.05, 4.69) is 10.3 Å². The van der Waals surface area contributed by atoms with Crippen LogP contribution in [0, 0.1) is 17.1 Å². The first-order valence-electron chi connectivity index (χ1n) is 6.04. The molecule has 1 aromatic rings. The highest BCUT2D eigenvalue weighted by molar-refractivity contribution is 5.98. The lowest BCUT2D eigenvalue weighted by Gasteiger charge is -2.23. The number of aromatic nitrogens is 1. The normalized spacial score (nSPS) is 11.5. The second kappa shape index (κ2) is 6.69. The third-order valence-electron chi connectivity index (χ3n) is 2.80. The van der Waals surface area contributed by atoms with Crippen LogP contribution in [0.3, 0.4) is 0 Å². The van der Waals surface area contributed by atoms with Crippen LogP contribution in [0.5, 0.6) is 0 Å². The fourth-order valence-electron chi connectivity index (χ4n) is 1.57. The molecule has 0 saturated carbocycles. The minimum Gasteiger partial charge on any atom is -0.370 e. The number of carbonyl (C=O) groups is 1. The van der Waals surface area contributed by atoms with E-state index in [0.29, 0.717) is 12.4 Å². The van der Waals surface area contributed by atoms with Crippen molar-refractivity contribution >= 4 is 11.7 Å². The number of hydrogen-bond acceptors (Lipinski definition) is 4. The molecule has 0 spiro atoms. The molecule has 1 aromatic heterocycles. The van der Waals surface area contributed by atoms with Crippen LogP contribution in [0.4, 0.5) is 10.2 Å². The van der Waals surface area contributed by atoms with Crippen molar-refractivity contribution in [2.24, 2.45) is 0 Å². The van der Waals surface area contributed by atoms with Crippen molar-refractivity contribution in [1.82, 2.24) is 9.88 Å². The Bertz CT molecular complexity index is 498. The summed E-state index contributed by atoms with van der Waals surface area (Å²) in [5, 5.41) is 11.6. The summed E-state index contributed by atoms with van der Waals surface area (Å²) in [6.45, 7) is 4.21. The number of hydrogen-bond donors (Lipinski definition) is 1. The van der Waals surface area contributed by atoms with Gasteiger partial charge in [-0.15, -0.1) is 0 Å². The number of carbonyl (C=O) groups excluding carboxylic acids is 1. The number of amides is 1. The van der Waals surface area contributed by atoms with Gasteiger partial charge in [0.1, 0.15) is 11.6 Å². The first kappa shape index (κ1) is 14.9. The van der Waals surface area contributed by atoms with E-state index in [0.717, 1.165) is 12.3 Å². The molecule has 6 heteroatoms. The number of halogens is 1. The van der Waals surface area contributed by atoms with Gasteiger partial charge in [-0.05, 0) is 19.9 Å². The number of nitriles is 1. The average Bonchev–Trinajstić information content (AvgIpc) is 2.39. The van der Waals surface area contributed by atoms with Crippen LogP contribution in [0.1, 0.15) is 30.6 Å². The van der Waals surface area contributed by atoms with Crippen LogP contribution in [0.2, 0.25) is 0 Å². The zero-order valence-electron chi connectivity index (χ0n) is 11.3. The molecule has 1 atom stereocenters. The number of rotatable bonds is 5. The maximum absolute atomic E-state index is 13.2. The van der Waals surface area contributed by atoms with Crippen molar-refractivity contribution in [3.8, 4) is 6.07 Å². The Labute approximate surface area is 112 Å². The summed E-state index contributed by atoms with van der Waals surface area (Å²) in [4.78, 5) is 17.6. The van der Waals surface area contributed by atoms with E-state index in [1.165, 1.54) is 4.90 Å². The first-order valence-corrected chi connectivity index (χ1v) is 6.04. The van der Waals surface area contributed by atoms with Gasteiger partial charge in [0.2, 0.25) is 0 Å². The van der Waals surface area contributed by atoms with E-state index >= 15 is 0 Å². The van der Waals surface area contributed by atoms with E-state index in [1.54, 1.807) is 14.0 Å². The van der Waals surface area contributed by atoms with Crippen molar-refractivity contribution in [3.05, 3.63) is 23.6 Å². The Hall–Kier alpha value is -2.16. The molecule has 0 aliphatic rings. The lowest BCUT2D eigenvalue weighted by molar-refractivity contribution is 0.0746. The number of anilines is 1. The molecule has 0 fully saturated rings. The van der Waals surface area contributed by atoms with Crippen LogP contribution in [0.25, 0.3) is 0 Å². The summed E-state index contributed by atoms with van der Waals surface area (Å²) < 4.78 is 13.2. The van der Waals surface area contributed by atoms with Gasteiger partial charge in [-0.1, -0.05) is 0 Å². The quantitative estimate of drug-likeness (QED) is 0.883. The predicted octanol–water partition coefficient (Wildman–Crippen LogP) is 2.03. The van der Waals surface area contributed by atoms with Crippen LogP contribution in [0.15, 0.2) is 12.3 Å². The highest BCUT2D eigenvalue weighted by Gasteiger charge is 2.21. The smallest absolute Gasteiger partial charge is 0.257 e. The molecule has 5 nitrogen and oxygen atoms in total. The summed E-state index contributed by atoms with van der Waals surface area (Å²) in [5.74, 6) is -0.568. The third-order valence-corrected chi connectivity index (χ3v) is 2.80. The van der Waals surface area contributed by atoms with Gasteiger partial charge in [0, 0.05) is 19.6 Å². The van der Waals surface area contributed by atoms with Gasteiger partial charge in [-0.25, -0.2) is 9.37 Å². The molecule has 1 amide bonds. The molecule has 0 saturated heterocycles. The molecule has 1 unspecified atom stereocenters. The summed E-state index contributed by atoms with van der Waals surface area (Å²) in [6.07, 6.45) is 1.29. The Morgan fingerprint density at radius 3 is 2.95 bits per heavy atom. The fourth-order valence-corrected chi connectivity index (χ4v) is 1.57. The van der Waals surface area contributed by atoms with E-state index in [9.17, 15) is 9.18 Å². The van der Waals surface area contributed by atoms with Crippen LogP contribution in [-0.4, -0.2) is 35.4 Å². The molecule has 0 bridgehead atoms.